The molecule has 0 fully saturated rings. The zero-order valence-electron chi connectivity index (χ0n) is 12.2. The maximum atomic E-state index is 11.9. The molecule has 1 rings (SSSR count). The summed E-state index contributed by atoms with van der Waals surface area (Å²) in [4.78, 5) is 19.0. The van der Waals surface area contributed by atoms with Crippen LogP contribution in [0.4, 0.5) is 18.9 Å². The highest BCUT2D eigenvalue weighted by Gasteiger charge is 2.38. The number of benzene rings is 1. The Kier molecular flexibility index (Phi) is 9.56. The first-order chi connectivity index (χ1) is 10.2. The minimum Gasteiger partial charge on any atom is -0.318 e. The Balaban J connectivity index is 0.000000980. The number of hydrogen-bond acceptors (Lipinski definition) is 3. The van der Waals surface area contributed by atoms with Crippen LogP contribution >= 0.6 is 8.25 Å². The van der Waals surface area contributed by atoms with Gasteiger partial charge in [0.2, 0.25) is 0 Å². The monoisotopic (exact) mass is 340 g/mol. The number of hydrogen-bond donors (Lipinski definition) is 2. The van der Waals surface area contributed by atoms with Gasteiger partial charge in [0.05, 0.1) is 0 Å². The van der Waals surface area contributed by atoms with Crippen molar-refractivity contribution >= 4 is 19.8 Å². The molecule has 1 atom stereocenters. The number of nitrogens with one attached hydrogen (secondary N) is 1. The Bertz CT molecular complexity index is 475. The highest BCUT2D eigenvalue weighted by molar-refractivity contribution is 7.32. The van der Waals surface area contributed by atoms with E-state index in [4.69, 9.17) is 4.89 Å². The van der Waals surface area contributed by atoms with Gasteiger partial charge < -0.3 is 5.32 Å². The average Bonchev–Trinajstić information content (AvgIpc) is 2.45. The fraction of sp³-hybridized carbons (Fsp3) is 0.462. The summed E-state index contributed by atoms with van der Waals surface area (Å²) in [5, 5.41) is 1.66. The van der Waals surface area contributed by atoms with E-state index in [0.717, 1.165) is 0 Å². The molecule has 9 heteroatoms. The van der Waals surface area contributed by atoms with E-state index in [1.807, 2.05) is 0 Å². The standard InChI is InChI=1S/C9H7F3NO4P.C4H10/c10-9(11,12)8(14)13-7-3-1-6(2-4-7)5-17-18(15)16;1-3-4-2/h1-4H,5H2,(H-,13,14,15,16);3-4H2,1-2H3/p+1. The van der Waals surface area contributed by atoms with Crippen LogP contribution in [0.25, 0.3) is 0 Å². The molecule has 0 saturated carbocycles. The molecule has 0 radical (unpaired) electrons. The predicted octanol–water partition coefficient (Wildman–Crippen LogP) is 4.16. The van der Waals surface area contributed by atoms with Gasteiger partial charge >= 0.3 is 20.3 Å². The summed E-state index contributed by atoms with van der Waals surface area (Å²) >= 11 is 0. The summed E-state index contributed by atoms with van der Waals surface area (Å²) in [7, 11) is -2.73. The number of carbonyl (C=O) groups is 1. The van der Waals surface area contributed by atoms with Gasteiger partial charge in [-0.1, -0.05) is 38.8 Å². The number of unbranched alkanes of at least 4 members (excludes halogenated alkanes) is 1. The Morgan fingerprint density at radius 3 is 2.09 bits per heavy atom. The first-order valence-electron chi connectivity index (χ1n) is 6.46. The van der Waals surface area contributed by atoms with Crippen molar-refractivity contribution in [2.45, 2.75) is 39.5 Å². The normalized spacial score (nSPS) is 11.3. The number of carbonyl (C=O) groups excluding carboxylic acids is 1. The molecule has 0 aromatic heterocycles. The molecule has 0 aliphatic carbocycles. The Hall–Kier alpha value is -1.50. The molecule has 0 aliphatic heterocycles. The number of alkyl halides is 3. The average molecular weight is 340 g/mol. The molecule has 0 spiro atoms. The molecule has 1 aromatic rings. The van der Waals surface area contributed by atoms with E-state index in [1.54, 1.807) is 5.32 Å². The Morgan fingerprint density at radius 2 is 1.73 bits per heavy atom. The smallest absolute Gasteiger partial charge is 0.318 e. The summed E-state index contributed by atoms with van der Waals surface area (Å²) in [5.41, 5.74) is 0.451. The molecule has 0 saturated heterocycles. The molecular formula is C13H18F3NO4P+. The molecule has 5 nitrogen and oxygen atoms in total. The van der Waals surface area contributed by atoms with Gasteiger partial charge in [0.25, 0.3) is 0 Å². The lowest BCUT2D eigenvalue weighted by molar-refractivity contribution is -0.167. The van der Waals surface area contributed by atoms with E-state index in [9.17, 15) is 22.5 Å². The minimum atomic E-state index is -4.95. The predicted molar refractivity (Wildman–Crippen MR) is 76.3 cm³/mol. The largest absolute Gasteiger partial charge is 0.695 e. The number of anilines is 1. The lowest BCUT2D eigenvalue weighted by atomic mass is 10.2. The molecule has 0 aliphatic rings. The van der Waals surface area contributed by atoms with Crippen LogP contribution in [0.3, 0.4) is 0 Å². The zero-order chi connectivity index (χ0) is 17.2. The van der Waals surface area contributed by atoms with E-state index in [1.165, 1.54) is 37.1 Å². The summed E-state index contributed by atoms with van der Waals surface area (Å²) < 4.78 is 50.4. The molecule has 2 N–H and O–H groups in total. The lowest BCUT2D eigenvalue weighted by Crippen LogP contribution is -2.29. The summed E-state index contributed by atoms with van der Waals surface area (Å²) in [6, 6.07) is 5.19. The van der Waals surface area contributed by atoms with Crippen molar-refractivity contribution in [3.63, 3.8) is 0 Å². The van der Waals surface area contributed by atoms with E-state index in [0.29, 0.717) is 5.56 Å². The molecule has 0 bridgehead atoms. The van der Waals surface area contributed by atoms with E-state index in [2.05, 4.69) is 18.4 Å². The van der Waals surface area contributed by atoms with Crippen molar-refractivity contribution < 1.29 is 31.9 Å². The van der Waals surface area contributed by atoms with Gasteiger partial charge in [-0.15, -0.1) is 9.42 Å². The van der Waals surface area contributed by atoms with Gasteiger partial charge in [0, 0.05) is 10.3 Å². The molecule has 124 valence electrons. The van der Waals surface area contributed by atoms with Crippen LogP contribution in [0.1, 0.15) is 32.3 Å². The molecule has 22 heavy (non-hydrogen) atoms. The third-order valence-corrected chi connectivity index (χ3v) is 2.66. The minimum absolute atomic E-state index is 0.0329. The van der Waals surface area contributed by atoms with Crippen molar-refractivity contribution in [3.8, 4) is 0 Å². The molecule has 1 amide bonds. The first-order valence-corrected chi connectivity index (χ1v) is 7.59. The van der Waals surface area contributed by atoms with Crippen LogP contribution < -0.4 is 5.32 Å². The molecule has 1 aromatic carbocycles. The van der Waals surface area contributed by atoms with Crippen LogP contribution in [0.2, 0.25) is 0 Å². The summed E-state index contributed by atoms with van der Waals surface area (Å²) in [6.07, 6.45) is -2.31. The third-order valence-electron chi connectivity index (χ3n) is 2.31. The number of amides is 1. The fourth-order valence-electron chi connectivity index (χ4n) is 1.02. The molecule has 0 heterocycles. The third kappa shape index (κ3) is 9.44. The van der Waals surface area contributed by atoms with Crippen molar-refractivity contribution in [2.75, 3.05) is 5.32 Å². The van der Waals surface area contributed by atoms with Crippen molar-refractivity contribution in [1.29, 1.82) is 0 Å². The van der Waals surface area contributed by atoms with Gasteiger partial charge in [0.15, 0.2) is 0 Å². The van der Waals surface area contributed by atoms with Crippen LogP contribution in [0.15, 0.2) is 24.3 Å². The van der Waals surface area contributed by atoms with Gasteiger partial charge in [-0.2, -0.15) is 13.2 Å². The van der Waals surface area contributed by atoms with Crippen molar-refractivity contribution in [2.24, 2.45) is 0 Å². The van der Waals surface area contributed by atoms with Gasteiger partial charge in [-0.3, -0.25) is 4.79 Å². The SMILES string of the molecule is CCCC.O=C(Nc1ccc(CO[P+](=O)O)cc1)C(F)(F)F. The van der Waals surface area contributed by atoms with Gasteiger partial charge in [-0.05, 0) is 17.7 Å². The topological polar surface area (TPSA) is 75.6 Å². The second-order valence-electron chi connectivity index (χ2n) is 4.16. The highest BCUT2D eigenvalue weighted by Crippen LogP contribution is 2.20. The molecular weight excluding hydrogens is 322 g/mol. The quantitative estimate of drug-likeness (QED) is 0.789. The van der Waals surface area contributed by atoms with Crippen LogP contribution in [-0.4, -0.2) is 17.0 Å². The first kappa shape index (κ1) is 20.5. The fourth-order valence-corrected chi connectivity index (χ4v) is 1.28. The number of rotatable bonds is 5. The van der Waals surface area contributed by atoms with Crippen LogP contribution in [0.5, 0.6) is 0 Å². The number of halogens is 3. The van der Waals surface area contributed by atoms with Crippen molar-refractivity contribution in [3.05, 3.63) is 29.8 Å². The van der Waals surface area contributed by atoms with Gasteiger partial charge in [0.1, 0.15) is 6.61 Å². The lowest BCUT2D eigenvalue weighted by Gasteiger charge is -2.07. The van der Waals surface area contributed by atoms with E-state index >= 15 is 0 Å². The molecule has 1 unspecified atom stereocenters. The Morgan fingerprint density at radius 1 is 1.23 bits per heavy atom. The maximum Gasteiger partial charge on any atom is 0.695 e. The van der Waals surface area contributed by atoms with E-state index in [-0.39, 0.29) is 12.3 Å². The van der Waals surface area contributed by atoms with Crippen LogP contribution in [0, 0.1) is 0 Å². The van der Waals surface area contributed by atoms with Crippen LogP contribution in [-0.2, 0) is 20.5 Å². The second kappa shape index (κ2) is 10.3. The summed E-state index contributed by atoms with van der Waals surface area (Å²) in [6.45, 7) is 4.21. The zero-order valence-corrected chi connectivity index (χ0v) is 13.1. The highest BCUT2D eigenvalue weighted by atomic mass is 31.1. The maximum absolute atomic E-state index is 11.9. The Labute approximate surface area is 127 Å². The van der Waals surface area contributed by atoms with E-state index < -0.39 is 20.3 Å². The van der Waals surface area contributed by atoms with Crippen molar-refractivity contribution in [1.82, 2.24) is 0 Å². The second-order valence-corrected chi connectivity index (χ2v) is 4.89. The summed E-state index contributed by atoms with van der Waals surface area (Å²) in [5.74, 6) is -2.06. The van der Waals surface area contributed by atoms with Gasteiger partial charge in [-0.25, -0.2) is 0 Å².